The fourth-order valence-electron chi connectivity index (χ4n) is 3.03. The van der Waals surface area contributed by atoms with Crippen molar-refractivity contribution in [1.82, 2.24) is 5.32 Å². The average Bonchev–Trinajstić information content (AvgIpc) is 2.44. The number of benzene rings is 1. The second-order valence-electron chi connectivity index (χ2n) is 5.47. The molecule has 0 bridgehead atoms. The summed E-state index contributed by atoms with van der Waals surface area (Å²) in [6.45, 7) is 5.03. The SMILES string of the molecule is CCNC1c2cc(OC)ccc2CCC1SC1COC1. The molecular formula is C16H23NO2S. The zero-order valence-corrected chi connectivity index (χ0v) is 13.0. The van der Waals surface area contributed by atoms with Gasteiger partial charge in [0.2, 0.25) is 0 Å². The molecule has 1 aromatic carbocycles. The van der Waals surface area contributed by atoms with Crippen LogP contribution in [0, 0.1) is 0 Å². The van der Waals surface area contributed by atoms with Gasteiger partial charge in [-0.05, 0) is 42.6 Å². The first kappa shape index (κ1) is 14.2. The third-order valence-corrected chi connectivity index (χ3v) is 5.67. The summed E-state index contributed by atoms with van der Waals surface area (Å²) in [4.78, 5) is 0. The van der Waals surface area contributed by atoms with E-state index in [1.165, 1.54) is 24.0 Å². The third kappa shape index (κ3) is 2.83. The van der Waals surface area contributed by atoms with Crippen LogP contribution in [0.5, 0.6) is 5.75 Å². The van der Waals surface area contributed by atoms with Crippen molar-refractivity contribution in [1.29, 1.82) is 0 Å². The molecule has 2 aliphatic rings. The van der Waals surface area contributed by atoms with Crippen LogP contribution in [-0.2, 0) is 11.2 Å². The molecule has 1 N–H and O–H groups in total. The van der Waals surface area contributed by atoms with Gasteiger partial charge in [-0.15, -0.1) is 11.8 Å². The number of aryl methyl sites for hydroxylation is 1. The summed E-state index contributed by atoms with van der Waals surface area (Å²) in [5.41, 5.74) is 2.90. The molecule has 0 amide bonds. The van der Waals surface area contributed by atoms with Crippen molar-refractivity contribution in [2.75, 3.05) is 26.9 Å². The molecule has 1 heterocycles. The van der Waals surface area contributed by atoms with Crippen LogP contribution >= 0.6 is 11.8 Å². The Morgan fingerprint density at radius 1 is 1.40 bits per heavy atom. The fraction of sp³-hybridized carbons (Fsp3) is 0.625. The summed E-state index contributed by atoms with van der Waals surface area (Å²) in [7, 11) is 1.74. The van der Waals surface area contributed by atoms with Gasteiger partial charge in [0.05, 0.1) is 25.6 Å². The molecule has 4 heteroatoms. The molecule has 1 saturated heterocycles. The summed E-state index contributed by atoms with van der Waals surface area (Å²) in [6.07, 6.45) is 2.42. The van der Waals surface area contributed by atoms with Crippen LogP contribution in [0.15, 0.2) is 18.2 Å². The first-order chi connectivity index (χ1) is 9.81. The maximum absolute atomic E-state index is 5.40. The average molecular weight is 293 g/mol. The summed E-state index contributed by atoms with van der Waals surface area (Å²) >= 11 is 2.10. The van der Waals surface area contributed by atoms with Crippen molar-refractivity contribution < 1.29 is 9.47 Å². The van der Waals surface area contributed by atoms with Gasteiger partial charge in [-0.2, -0.15) is 0 Å². The van der Waals surface area contributed by atoms with Gasteiger partial charge >= 0.3 is 0 Å². The highest BCUT2D eigenvalue weighted by Gasteiger charge is 2.33. The van der Waals surface area contributed by atoms with Crippen LogP contribution in [0.25, 0.3) is 0 Å². The molecule has 0 aromatic heterocycles. The lowest BCUT2D eigenvalue weighted by Crippen LogP contribution is -2.39. The Morgan fingerprint density at radius 3 is 2.90 bits per heavy atom. The lowest BCUT2D eigenvalue weighted by Gasteiger charge is -2.38. The lowest BCUT2D eigenvalue weighted by molar-refractivity contribution is 0.0451. The van der Waals surface area contributed by atoms with Gasteiger partial charge in [-0.25, -0.2) is 0 Å². The Hall–Kier alpha value is -0.710. The van der Waals surface area contributed by atoms with Gasteiger partial charge in [0.25, 0.3) is 0 Å². The number of hydrogen-bond donors (Lipinski definition) is 1. The van der Waals surface area contributed by atoms with Crippen LogP contribution in [0.2, 0.25) is 0 Å². The molecule has 1 aromatic rings. The van der Waals surface area contributed by atoms with Crippen LogP contribution < -0.4 is 10.1 Å². The topological polar surface area (TPSA) is 30.5 Å². The molecule has 3 nitrogen and oxygen atoms in total. The van der Waals surface area contributed by atoms with E-state index in [-0.39, 0.29) is 0 Å². The highest BCUT2D eigenvalue weighted by atomic mass is 32.2. The normalized spacial score (nSPS) is 25.9. The van der Waals surface area contributed by atoms with Crippen molar-refractivity contribution in [2.45, 2.75) is 36.3 Å². The van der Waals surface area contributed by atoms with Crippen molar-refractivity contribution in [3.8, 4) is 5.75 Å². The molecule has 3 rings (SSSR count). The van der Waals surface area contributed by atoms with Crippen LogP contribution in [0.4, 0.5) is 0 Å². The molecule has 1 aliphatic carbocycles. The molecule has 20 heavy (non-hydrogen) atoms. The molecule has 0 radical (unpaired) electrons. The van der Waals surface area contributed by atoms with Crippen molar-refractivity contribution in [3.05, 3.63) is 29.3 Å². The lowest BCUT2D eigenvalue weighted by atomic mass is 9.87. The molecule has 1 fully saturated rings. The molecule has 2 atom stereocenters. The van der Waals surface area contributed by atoms with Gasteiger partial charge in [0, 0.05) is 11.3 Å². The van der Waals surface area contributed by atoms with Crippen molar-refractivity contribution in [3.63, 3.8) is 0 Å². The zero-order valence-electron chi connectivity index (χ0n) is 12.2. The van der Waals surface area contributed by atoms with Crippen molar-refractivity contribution >= 4 is 11.8 Å². The molecule has 110 valence electrons. The molecular weight excluding hydrogens is 270 g/mol. The Labute approximate surface area is 125 Å². The minimum absolute atomic E-state index is 0.435. The number of thioether (sulfide) groups is 1. The Balaban J connectivity index is 1.83. The predicted molar refractivity (Wildman–Crippen MR) is 83.7 cm³/mol. The van der Waals surface area contributed by atoms with Gasteiger partial charge in [0.1, 0.15) is 5.75 Å². The maximum atomic E-state index is 5.40. The monoisotopic (exact) mass is 293 g/mol. The highest BCUT2D eigenvalue weighted by Crippen LogP contribution is 2.41. The van der Waals surface area contributed by atoms with Crippen LogP contribution in [0.3, 0.4) is 0 Å². The summed E-state index contributed by atoms with van der Waals surface area (Å²) in [6, 6.07) is 6.96. The Kier molecular flexibility index (Phi) is 4.54. The second-order valence-corrected chi connectivity index (χ2v) is 7.02. The van der Waals surface area contributed by atoms with Gasteiger partial charge in [-0.1, -0.05) is 13.0 Å². The summed E-state index contributed by atoms with van der Waals surface area (Å²) < 4.78 is 10.7. The fourth-order valence-corrected chi connectivity index (χ4v) is 4.53. The van der Waals surface area contributed by atoms with E-state index >= 15 is 0 Å². The number of nitrogens with one attached hydrogen (secondary N) is 1. The minimum Gasteiger partial charge on any atom is -0.497 e. The van der Waals surface area contributed by atoms with Crippen LogP contribution in [0.1, 0.15) is 30.5 Å². The molecule has 2 unspecified atom stereocenters. The van der Waals surface area contributed by atoms with E-state index in [0.29, 0.717) is 16.5 Å². The zero-order chi connectivity index (χ0) is 13.9. The number of rotatable bonds is 5. The van der Waals surface area contributed by atoms with Crippen LogP contribution in [-0.4, -0.2) is 37.4 Å². The van der Waals surface area contributed by atoms with E-state index in [1.807, 2.05) is 0 Å². The quantitative estimate of drug-likeness (QED) is 0.904. The molecule has 0 spiro atoms. The number of methoxy groups -OCH3 is 1. The minimum atomic E-state index is 0.435. The summed E-state index contributed by atoms with van der Waals surface area (Å²) in [5, 5.41) is 5.01. The van der Waals surface area contributed by atoms with E-state index in [4.69, 9.17) is 9.47 Å². The van der Waals surface area contributed by atoms with Gasteiger partial charge in [0.15, 0.2) is 0 Å². The number of ether oxygens (including phenoxy) is 2. The second kappa shape index (κ2) is 6.37. The van der Waals surface area contributed by atoms with E-state index in [1.54, 1.807) is 7.11 Å². The number of hydrogen-bond acceptors (Lipinski definition) is 4. The standard InChI is InChI=1S/C16H23NO2S/c1-3-17-16-14-8-12(18-2)6-4-11(14)5-7-15(16)20-13-9-19-10-13/h4,6,8,13,15-17H,3,5,7,9-10H2,1-2H3. The Morgan fingerprint density at radius 2 is 2.25 bits per heavy atom. The smallest absolute Gasteiger partial charge is 0.119 e. The largest absolute Gasteiger partial charge is 0.497 e. The molecule has 1 aliphatic heterocycles. The van der Waals surface area contributed by atoms with E-state index < -0.39 is 0 Å². The predicted octanol–water partition coefficient (Wildman–Crippen LogP) is 2.79. The Bertz CT molecular complexity index is 462. The van der Waals surface area contributed by atoms with E-state index in [0.717, 1.165) is 25.5 Å². The van der Waals surface area contributed by atoms with Crippen molar-refractivity contribution in [2.24, 2.45) is 0 Å². The number of fused-ring (bicyclic) bond motifs is 1. The first-order valence-electron chi connectivity index (χ1n) is 7.45. The van der Waals surface area contributed by atoms with Gasteiger partial charge in [-0.3, -0.25) is 0 Å². The highest BCUT2D eigenvalue weighted by molar-refractivity contribution is 8.00. The van der Waals surface area contributed by atoms with E-state index in [2.05, 4.69) is 42.2 Å². The summed E-state index contributed by atoms with van der Waals surface area (Å²) in [5.74, 6) is 0.962. The maximum Gasteiger partial charge on any atom is 0.119 e. The first-order valence-corrected chi connectivity index (χ1v) is 8.39. The molecule has 0 saturated carbocycles. The van der Waals surface area contributed by atoms with Gasteiger partial charge < -0.3 is 14.8 Å². The van der Waals surface area contributed by atoms with E-state index in [9.17, 15) is 0 Å². The third-order valence-electron chi connectivity index (χ3n) is 4.16.